The first-order valence-corrected chi connectivity index (χ1v) is 24.5. The number of hydrogen-bond donors (Lipinski definition) is 0. The summed E-state index contributed by atoms with van der Waals surface area (Å²) in [6, 6.07) is 78.8. The number of rotatable bonds is 3. The Morgan fingerprint density at radius 3 is 1.72 bits per heavy atom. The Bertz CT molecular complexity index is 4300. The quantitative estimate of drug-likeness (QED) is 0.166. The van der Waals surface area contributed by atoms with Crippen molar-refractivity contribution in [1.82, 2.24) is 9.13 Å². The first kappa shape index (κ1) is 36.9. The minimum atomic E-state index is -3.48. The van der Waals surface area contributed by atoms with E-state index >= 15 is 4.57 Å². The first-order chi connectivity index (χ1) is 33.1. The number of furan rings is 1. The van der Waals surface area contributed by atoms with Gasteiger partial charge in [0.05, 0.1) is 27.5 Å². The summed E-state index contributed by atoms with van der Waals surface area (Å²) in [5, 5.41) is 9.18. The fourth-order valence-corrected chi connectivity index (χ4v) is 15.1. The molecule has 3 aromatic heterocycles. The number of benzene rings is 10. The highest BCUT2D eigenvalue weighted by Crippen LogP contribution is 2.62. The fourth-order valence-electron chi connectivity index (χ4n) is 11.9. The van der Waals surface area contributed by atoms with Crippen LogP contribution in [0.25, 0.3) is 76.9 Å². The molecular weight excluding hydrogens is 840 g/mol. The number of para-hydroxylation sites is 5. The van der Waals surface area contributed by atoms with Gasteiger partial charge in [0.1, 0.15) is 22.7 Å². The van der Waals surface area contributed by atoms with Crippen molar-refractivity contribution < 1.29 is 13.7 Å². The standard InChI is InChI=1S/C61H37N2O3P/c64-67(40-19-5-2-6-20-40)59-30-16-11-25-49(59)61(50-35-46-43-23-9-14-28-55(43)65-57(46)37-60(50)67)47-24-10-15-29-56(47)66-58-33-39(31-32-48(58)61)63-52-27-13-8-22-42(52)45-34-44-41-21-7-12-26-51(41)62(53(44)36-54(45)63)38-17-3-1-4-18-38/h1-37H. The van der Waals surface area contributed by atoms with Gasteiger partial charge in [-0.25, -0.2) is 0 Å². The molecule has 0 saturated heterocycles. The second-order valence-corrected chi connectivity index (χ2v) is 20.6. The summed E-state index contributed by atoms with van der Waals surface area (Å²) >= 11 is 0. The van der Waals surface area contributed by atoms with Crippen LogP contribution in [0.5, 0.6) is 11.5 Å². The van der Waals surface area contributed by atoms with Crippen LogP contribution in [-0.2, 0) is 9.98 Å². The lowest BCUT2D eigenvalue weighted by atomic mass is 9.63. The van der Waals surface area contributed by atoms with Crippen molar-refractivity contribution in [3.05, 3.63) is 247 Å². The van der Waals surface area contributed by atoms with Crippen LogP contribution in [0.1, 0.15) is 22.3 Å². The second-order valence-electron chi connectivity index (χ2n) is 17.9. The van der Waals surface area contributed by atoms with Gasteiger partial charge in [0.15, 0.2) is 7.14 Å². The average molecular weight is 877 g/mol. The lowest BCUT2D eigenvalue weighted by Crippen LogP contribution is -2.48. The van der Waals surface area contributed by atoms with Crippen molar-refractivity contribution in [2.45, 2.75) is 5.41 Å². The molecule has 2 aliphatic heterocycles. The Kier molecular flexibility index (Phi) is 7.36. The van der Waals surface area contributed by atoms with E-state index in [4.69, 9.17) is 9.15 Å². The molecule has 10 aromatic carbocycles. The summed E-state index contributed by atoms with van der Waals surface area (Å²) in [7, 11) is -3.48. The van der Waals surface area contributed by atoms with Gasteiger partial charge in [0.2, 0.25) is 0 Å². The molecular formula is C61H37N2O3P. The van der Waals surface area contributed by atoms with Crippen molar-refractivity contribution >= 4 is 88.6 Å². The normalized spacial score (nSPS) is 17.3. The van der Waals surface area contributed by atoms with E-state index in [-0.39, 0.29) is 0 Å². The molecule has 314 valence electrons. The van der Waals surface area contributed by atoms with Crippen molar-refractivity contribution in [3.8, 4) is 22.9 Å². The highest BCUT2D eigenvalue weighted by atomic mass is 31.2. The van der Waals surface area contributed by atoms with Crippen molar-refractivity contribution in [1.29, 1.82) is 0 Å². The van der Waals surface area contributed by atoms with E-state index in [1.807, 2.05) is 54.6 Å². The molecule has 0 saturated carbocycles. The third-order valence-corrected chi connectivity index (χ3v) is 17.8. The van der Waals surface area contributed by atoms with Crippen LogP contribution in [0, 0.1) is 0 Å². The van der Waals surface area contributed by atoms with E-state index in [1.165, 1.54) is 27.1 Å². The molecule has 0 fully saturated rings. The zero-order valence-corrected chi connectivity index (χ0v) is 36.8. The minimum absolute atomic E-state index is 0.716. The molecule has 2 unspecified atom stereocenters. The number of ether oxygens (including phenoxy) is 1. The number of fused-ring (bicyclic) bond motifs is 17. The molecule has 2 aliphatic rings. The van der Waals surface area contributed by atoms with Gasteiger partial charge >= 0.3 is 0 Å². The number of hydrogen-bond acceptors (Lipinski definition) is 3. The summed E-state index contributed by atoms with van der Waals surface area (Å²) in [6.07, 6.45) is 0. The Balaban J connectivity index is 1.05. The van der Waals surface area contributed by atoms with Gasteiger partial charge in [-0.2, -0.15) is 0 Å². The minimum Gasteiger partial charge on any atom is -0.457 e. The Morgan fingerprint density at radius 1 is 0.358 bits per heavy atom. The van der Waals surface area contributed by atoms with Crippen LogP contribution in [0.2, 0.25) is 0 Å². The Hall–Kier alpha value is -8.37. The molecule has 0 N–H and O–H groups in total. The fraction of sp³-hybridized carbons (Fsp3) is 0.0164. The largest absolute Gasteiger partial charge is 0.457 e. The monoisotopic (exact) mass is 876 g/mol. The maximum Gasteiger partial charge on any atom is 0.171 e. The summed E-state index contributed by atoms with van der Waals surface area (Å²) in [6.45, 7) is 0. The lowest BCUT2D eigenvalue weighted by Gasteiger charge is -2.47. The van der Waals surface area contributed by atoms with Gasteiger partial charge in [0, 0.05) is 76.8 Å². The van der Waals surface area contributed by atoms with Crippen LogP contribution in [-0.4, -0.2) is 9.13 Å². The van der Waals surface area contributed by atoms with E-state index in [1.54, 1.807) is 0 Å². The molecule has 0 amide bonds. The molecule has 5 heterocycles. The zero-order chi connectivity index (χ0) is 44.0. The third-order valence-electron chi connectivity index (χ3n) is 14.6. The van der Waals surface area contributed by atoms with Crippen LogP contribution >= 0.6 is 7.14 Å². The highest BCUT2D eigenvalue weighted by Gasteiger charge is 2.55. The van der Waals surface area contributed by atoms with Crippen LogP contribution in [0.3, 0.4) is 0 Å². The molecule has 5 nitrogen and oxygen atoms in total. The van der Waals surface area contributed by atoms with E-state index in [0.29, 0.717) is 5.58 Å². The van der Waals surface area contributed by atoms with Gasteiger partial charge in [-0.15, -0.1) is 0 Å². The smallest absolute Gasteiger partial charge is 0.171 e. The van der Waals surface area contributed by atoms with Gasteiger partial charge in [-0.1, -0.05) is 152 Å². The molecule has 0 radical (unpaired) electrons. The molecule has 13 aromatic rings. The predicted molar refractivity (Wildman–Crippen MR) is 274 cm³/mol. The van der Waals surface area contributed by atoms with Crippen molar-refractivity contribution in [2.24, 2.45) is 0 Å². The summed E-state index contributed by atoms with van der Waals surface area (Å²) in [5.41, 5.74) is 11.2. The summed E-state index contributed by atoms with van der Waals surface area (Å²) in [4.78, 5) is 0. The summed E-state index contributed by atoms with van der Waals surface area (Å²) in [5.74, 6) is 1.51. The number of aromatic nitrogens is 2. The van der Waals surface area contributed by atoms with Gasteiger partial charge in [0.25, 0.3) is 0 Å². The number of nitrogens with zero attached hydrogens (tertiary/aromatic N) is 2. The first-order valence-electron chi connectivity index (χ1n) is 22.8. The molecule has 0 aliphatic carbocycles. The second kappa shape index (κ2) is 13.4. The van der Waals surface area contributed by atoms with Gasteiger partial charge < -0.3 is 22.9 Å². The topological polar surface area (TPSA) is 49.3 Å². The van der Waals surface area contributed by atoms with E-state index in [2.05, 4.69) is 179 Å². The predicted octanol–water partition coefficient (Wildman–Crippen LogP) is 14.2. The van der Waals surface area contributed by atoms with Crippen LogP contribution in [0.15, 0.2) is 229 Å². The summed E-state index contributed by atoms with van der Waals surface area (Å²) < 4.78 is 35.2. The maximum absolute atomic E-state index is 16.6. The zero-order valence-electron chi connectivity index (χ0n) is 35.9. The molecule has 2 atom stereocenters. The molecule has 0 bridgehead atoms. The van der Waals surface area contributed by atoms with Crippen molar-refractivity contribution in [3.63, 3.8) is 0 Å². The highest BCUT2D eigenvalue weighted by molar-refractivity contribution is 7.85. The third kappa shape index (κ3) is 4.76. The van der Waals surface area contributed by atoms with E-state index in [9.17, 15) is 0 Å². The average Bonchev–Trinajstić information content (AvgIpc) is 4.03. The lowest BCUT2D eigenvalue weighted by molar-refractivity contribution is 0.435. The van der Waals surface area contributed by atoms with Crippen molar-refractivity contribution in [2.75, 3.05) is 0 Å². The molecule has 6 heteroatoms. The SMILES string of the molecule is O=P1(c2ccccc2)c2ccccc2C2(c3ccccc3Oc3cc(-n4c5ccccc5c5cc6c7ccccc7n(-c7ccccc7)c6cc54)ccc32)c2cc3c(cc21)oc1ccccc13. The van der Waals surface area contributed by atoms with E-state index in [0.717, 1.165) is 93.9 Å². The van der Waals surface area contributed by atoms with Gasteiger partial charge in [-0.05, 0) is 77.9 Å². The van der Waals surface area contributed by atoms with E-state index < -0.39 is 12.6 Å². The van der Waals surface area contributed by atoms with Crippen LogP contribution < -0.4 is 20.7 Å². The molecule has 67 heavy (non-hydrogen) atoms. The molecule has 15 rings (SSSR count). The molecule has 1 spiro atoms. The van der Waals surface area contributed by atoms with Crippen LogP contribution in [0.4, 0.5) is 0 Å². The Morgan fingerprint density at radius 2 is 0.955 bits per heavy atom. The Labute approximate surface area is 384 Å². The maximum atomic E-state index is 16.6. The van der Waals surface area contributed by atoms with Gasteiger partial charge in [-0.3, -0.25) is 0 Å².